The zero-order valence-corrected chi connectivity index (χ0v) is 26.3. The van der Waals surface area contributed by atoms with E-state index in [1.165, 1.54) is 31.4 Å². The number of ether oxygens (including phenoxy) is 3. The standard InChI is InChI=1S/C35H36F2N6O4/c1-45-35(44)26-19-29(37)34-30(20-26)43(15-6-4-2-3-5-14-38)31(40-34)22-42-16-12-27(13-17-42)47-33-9-7-8-32(41-33)46-23-25-11-10-24(21-39)18-28(25)36/h7-11,18-20,27H,2-6,12-13,15-17,22-23H2,1H3. The van der Waals surface area contributed by atoms with Crippen LogP contribution in [0.4, 0.5) is 8.78 Å². The first-order chi connectivity index (χ1) is 22.9. The van der Waals surface area contributed by atoms with Gasteiger partial charge in [0, 0.05) is 43.8 Å². The Morgan fingerprint density at radius 1 is 0.979 bits per heavy atom. The molecular weight excluding hydrogens is 606 g/mol. The van der Waals surface area contributed by atoms with Crippen LogP contribution in [0.25, 0.3) is 11.0 Å². The lowest BCUT2D eigenvalue weighted by atomic mass is 10.1. The molecule has 0 aliphatic carbocycles. The Bertz CT molecular complexity index is 1790. The van der Waals surface area contributed by atoms with Crippen molar-refractivity contribution in [1.82, 2.24) is 19.4 Å². The number of esters is 1. The van der Waals surface area contributed by atoms with E-state index in [0.29, 0.717) is 42.4 Å². The van der Waals surface area contributed by atoms with E-state index < -0.39 is 17.6 Å². The number of carbonyl (C=O) groups excluding carboxylic acids is 1. The summed E-state index contributed by atoms with van der Waals surface area (Å²) in [5.41, 5.74) is 1.49. The molecular formula is C35H36F2N6O4. The van der Waals surface area contributed by atoms with Crippen LogP contribution in [0.3, 0.4) is 0 Å². The largest absolute Gasteiger partial charge is 0.474 e. The number of pyridine rings is 1. The smallest absolute Gasteiger partial charge is 0.338 e. The number of nitrogens with zero attached hydrogens (tertiary/aromatic N) is 6. The third kappa shape index (κ3) is 8.60. The molecule has 0 bridgehead atoms. The minimum absolute atomic E-state index is 0.0355. The number of halogens is 2. The maximum Gasteiger partial charge on any atom is 0.338 e. The van der Waals surface area contributed by atoms with Crippen LogP contribution in [0.2, 0.25) is 0 Å². The Kier molecular flexibility index (Phi) is 11.3. The number of imidazole rings is 1. The summed E-state index contributed by atoms with van der Waals surface area (Å²) in [6.45, 7) is 2.55. The van der Waals surface area contributed by atoms with E-state index in [0.717, 1.165) is 57.4 Å². The van der Waals surface area contributed by atoms with Gasteiger partial charge in [-0.25, -0.2) is 18.6 Å². The monoisotopic (exact) mass is 642 g/mol. The van der Waals surface area contributed by atoms with Crippen molar-refractivity contribution in [3.63, 3.8) is 0 Å². The minimum Gasteiger partial charge on any atom is -0.474 e. The number of carbonyl (C=O) groups is 1. The number of fused-ring (bicyclic) bond motifs is 1. The summed E-state index contributed by atoms with van der Waals surface area (Å²) in [5, 5.41) is 17.7. The molecule has 3 heterocycles. The normalized spacial score (nSPS) is 13.6. The van der Waals surface area contributed by atoms with Crippen LogP contribution >= 0.6 is 0 Å². The van der Waals surface area contributed by atoms with Crippen LogP contribution in [-0.2, 0) is 24.4 Å². The molecule has 0 unspecified atom stereocenters. The summed E-state index contributed by atoms with van der Waals surface area (Å²) in [6, 6.07) is 16.3. The highest BCUT2D eigenvalue weighted by Crippen LogP contribution is 2.26. The van der Waals surface area contributed by atoms with Crippen molar-refractivity contribution in [3.8, 4) is 23.9 Å². The summed E-state index contributed by atoms with van der Waals surface area (Å²) >= 11 is 0. The molecule has 47 heavy (non-hydrogen) atoms. The highest BCUT2D eigenvalue weighted by atomic mass is 19.1. The van der Waals surface area contributed by atoms with E-state index in [2.05, 4.69) is 20.9 Å². The van der Waals surface area contributed by atoms with Gasteiger partial charge in [-0.1, -0.05) is 25.0 Å². The number of rotatable bonds is 14. The average molecular weight is 643 g/mol. The van der Waals surface area contributed by atoms with Gasteiger partial charge in [-0.2, -0.15) is 15.5 Å². The summed E-state index contributed by atoms with van der Waals surface area (Å²) in [4.78, 5) is 23.6. The van der Waals surface area contributed by atoms with E-state index in [4.69, 9.17) is 24.7 Å². The summed E-state index contributed by atoms with van der Waals surface area (Å²) in [5.74, 6) is -0.246. The van der Waals surface area contributed by atoms with Gasteiger partial charge in [-0.05, 0) is 49.9 Å². The average Bonchev–Trinajstić information content (AvgIpc) is 3.43. The van der Waals surface area contributed by atoms with E-state index in [9.17, 15) is 9.18 Å². The number of piperidine rings is 1. The number of aryl methyl sites for hydroxylation is 1. The van der Waals surface area contributed by atoms with Gasteiger partial charge in [0.2, 0.25) is 11.8 Å². The number of methoxy groups -OCH3 is 1. The number of unbranched alkanes of at least 4 members (excludes halogenated alkanes) is 4. The Balaban J connectivity index is 1.20. The highest BCUT2D eigenvalue weighted by Gasteiger charge is 2.24. The maximum absolute atomic E-state index is 15.1. The van der Waals surface area contributed by atoms with Gasteiger partial charge in [0.05, 0.1) is 42.4 Å². The molecule has 0 radical (unpaired) electrons. The molecule has 1 aliphatic heterocycles. The highest BCUT2D eigenvalue weighted by molar-refractivity contribution is 5.94. The number of hydrogen-bond donors (Lipinski definition) is 0. The van der Waals surface area contributed by atoms with Crippen molar-refractivity contribution in [1.29, 1.82) is 10.5 Å². The molecule has 0 amide bonds. The van der Waals surface area contributed by atoms with Crippen LogP contribution in [0.15, 0.2) is 48.5 Å². The molecule has 2 aromatic heterocycles. The molecule has 12 heteroatoms. The molecule has 4 aromatic rings. The van der Waals surface area contributed by atoms with Gasteiger partial charge in [-0.15, -0.1) is 0 Å². The van der Waals surface area contributed by atoms with Crippen molar-refractivity contribution in [3.05, 3.63) is 82.7 Å². The Morgan fingerprint density at radius 2 is 1.77 bits per heavy atom. The van der Waals surface area contributed by atoms with Crippen molar-refractivity contribution < 1.29 is 27.8 Å². The van der Waals surface area contributed by atoms with Crippen LogP contribution < -0.4 is 9.47 Å². The van der Waals surface area contributed by atoms with Gasteiger partial charge >= 0.3 is 5.97 Å². The van der Waals surface area contributed by atoms with Gasteiger partial charge in [-0.3, -0.25) is 4.90 Å². The van der Waals surface area contributed by atoms with Crippen molar-refractivity contribution in [2.45, 2.75) is 70.7 Å². The molecule has 0 spiro atoms. The summed E-state index contributed by atoms with van der Waals surface area (Å²) in [7, 11) is 1.27. The fourth-order valence-corrected chi connectivity index (χ4v) is 5.65. The second-order valence-electron chi connectivity index (χ2n) is 11.4. The third-order valence-corrected chi connectivity index (χ3v) is 8.17. The predicted molar refractivity (Wildman–Crippen MR) is 168 cm³/mol. The molecule has 0 N–H and O–H groups in total. The van der Waals surface area contributed by atoms with E-state index in [-0.39, 0.29) is 29.4 Å². The van der Waals surface area contributed by atoms with Crippen molar-refractivity contribution >= 4 is 17.0 Å². The lowest BCUT2D eigenvalue weighted by Crippen LogP contribution is -2.38. The van der Waals surface area contributed by atoms with Crippen molar-refractivity contribution in [2.24, 2.45) is 0 Å². The topological polar surface area (TPSA) is 126 Å². The molecule has 1 fully saturated rings. The zero-order chi connectivity index (χ0) is 33.2. The van der Waals surface area contributed by atoms with E-state index >= 15 is 4.39 Å². The number of aromatic nitrogens is 3. The first-order valence-corrected chi connectivity index (χ1v) is 15.7. The third-order valence-electron chi connectivity index (χ3n) is 8.17. The molecule has 1 aliphatic rings. The van der Waals surface area contributed by atoms with Crippen LogP contribution in [0.5, 0.6) is 11.8 Å². The second-order valence-corrected chi connectivity index (χ2v) is 11.4. The first kappa shape index (κ1) is 33.3. The quantitative estimate of drug-likeness (QED) is 0.112. The molecule has 10 nitrogen and oxygen atoms in total. The Morgan fingerprint density at radius 3 is 2.51 bits per heavy atom. The Hall–Kier alpha value is -5.07. The van der Waals surface area contributed by atoms with E-state index in [1.54, 1.807) is 24.3 Å². The molecule has 244 valence electrons. The van der Waals surface area contributed by atoms with Crippen LogP contribution in [0, 0.1) is 34.3 Å². The van der Waals surface area contributed by atoms with Gasteiger partial charge in [0.15, 0.2) is 5.82 Å². The summed E-state index contributed by atoms with van der Waals surface area (Å²) < 4.78 is 48.0. The number of likely N-dealkylation sites (tertiary alicyclic amines) is 1. The van der Waals surface area contributed by atoms with Crippen LogP contribution in [0.1, 0.15) is 72.3 Å². The fraction of sp³-hybridized carbons (Fsp3) is 0.400. The SMILES string of the molecule is COC(=O)c1cc(F)c2nc(CN3CCC(Oc4cccc(OCc5ccc(C#N)cc5F)n4)CC3)n(CCCCCCC#N)c2c1. The Labute approximate surface area is 272 Å². The van der Waals surface area contributed by atoms with Gasteiger partial charge in [0.1, 0.15) is 29.9 Å². The van der Waals surface area contributed by atoms with E-state index in [1.807, 2.05) is 10.6 Å². The summed E-state index contributed by atoms with van der Waals surface area (Å²) in [6.07, 6.45) is 5.48. The number of hydrogen-bond acceptors (Lipinski definition) is 9. The lowest BCUT2D eigenvalue weighted by molar-refractivity contribution is 0.0600. The van der Waals surface area contributed by atoms with Gasteiger partial charge in [0.25, 0.3) is 0 Å². The molecule has 0 atom stereocenters. The predicted octanol–water partition coefficient (Wildman–Crippen LogP) is 6.46. The fourth-order valence-electron chi connectivity index (χ4n) is 5.65. The van der Waals surface area contributed by atoms with Crippen LogP contribution in [-0.4, -0.2) is 51.7 Å². The molecule has 2 aromatic carbocycles. The zero-order valence-electron chi connectivity index (χ0n) is 26.3. The molecule has 1 saturated heterocycles. The first-order valence-electron chi connectivity index (χ1n) is 15.7. The minimum atomic E-state index is -0.606. The van der Waals surface area contributed by atoms with Gasteiger partial charge < -0.3 is 18.8 Å². The lowest BCUT2D eigenvalue weighted by Gasteiger charge is -2.31. The maximum atomic E-state index is 15.1. The number of nitriles is 2. The molecule has 5 rings (SSSR count). The van der Waals surface area contributed by atoms with Crippen molar-refractivity contribution in [2.75, 3.05) is 20.2 Å². The number of benzene rings is 2. The molecule has 0 saturated carbocycles. The second kappa shape index (κ2) is 16.0.